The van der Waals surface area contributed by atoms with Crippen LogP contribution in [0.5, 0.6) is 0 Å². The van der Waals surface area contributed by atoms with Gasteiger partial charge in [-0.15, -0.1) is 0 Å². The highest BCUT2D eigenvalue weighted by Crippen LogP contribution is 2.11. The third kappa shape index (κ3) is 4.10. The van der Waals surface area contributed by atoms with Crippen LogP contribution in [0.1, 0.15) is 0 Å². The first-order valence-electron chi connectivity index (χ1n) is 4.96. The van der Waals surface area contributed by atoms with Crippen molar-refractivity contribution < 1.29 is 19.1 Å². The number of ether oxygens (including phenoxy) is 2. The molecule has 1 aromatic heterocycles. The lowest BCUT2D eigenvalue weighted by atomic mass is 10.3. The van der Waals surface area contributed by atoms with Gasteiger partial charge in [0.1, 0.15) is 13.1 Å². The van der Waals surface area contributed by atoms with Crippen molar-refractivity contribution in [1.29, 1.82) is 0 Å². The number of carbonyl (C=O) groups is 2. The lowest BCUT2D eigenvalue weighted by Gasteiger charge is -2.21. The molecule has 92 valence electrons. The number of carbonyl (C=O) groups excluding carboxylic acids is 2. The second kappa shape index (κ2) is 6.47. The number of aromatic nitrogens is 1. The van der Waals surface area contributed by atoms with Crippen LogP contribution in [0, 0.1) is 0 Å². The summed E-state index contributed by atoms with van der Waals surface area (Å²) in [5.74, 6) is -0.851. The lowest BCUT2D eigenvalue weighted by Crippen LogP contribution is -2.35. The molecule has 0 spiro atoms. The maximum atomic E-state index is 11.2. The largest absolute Gasteiger partial charge is 0.468 e. The van der Waals surface area contributed by atoms with E-state index in [1.165, 1.54) is 14.2 Å². The molecule has 6 nitrogen and oxygen atoms in total. The first kappa shape index (κ1) is 13.0. The monoisotopic (exact) mass is 238 g/mol. The summed E-state index contributed by atoms with van der Waals surface area (Å²) >= 11 is 0. The lowest BCUT2D eigenvalue weighted by molar-refractivity contribution is -0.140. The highest BCUT2D eigenvalue weighted by molar-refractivity contribution is 5.81. The number of methoxy groups -OCH3 is 2. The van der Waals surface area contributed by atoms with Crippen LogP contribution in [0.4, 0.5) is 5.69 Å². The van der Waals surface area contributed by atoms with Gasteiger partial charge in [-0.25, -0.2) is 0 Å². The standard InChI is InChI=1S/C11H14N2O4/c1-16-10(14)7-13(8-11(15)17-2)9-3-5-12-6-4-9/h3-6H,7-8H2,1-2H3. The minimum absolute atomic E-state index is 0.0182. The number of esters is 2. The molecule has 0 atom stereocenters. The van der Waals surface area contributed by atoms with Crippen molar-refractivity contribution in [2.24, 2.45) is 0 Å². The van der Waals surface area contributed by atoms with Gasteiger partial charge in [-0.3, -0.25) is 14.6 Å². The van der Waals surface area contributed by atoms with E-state index in [0.717, 1.165) is 0 Å². The van der Waals surface area contributed by atoms with Gasteiger partial charge >= 0.3 is 11.9 Å². The van der Waals surface area contributed by atoms with E-state index < -0.39 is 11.9 Å². The summed E-state index contributed by atoms with van der Waals surface area (Å²) in [6.45, 7) is -0.0365. The van der Waals surface area contributed by atoms with E-state index in [1.807, 2.05) is 0 Å². The predicted molar refractivity (Wildman–Crippen MR) is 60.5 cm³/mol. The van der Waals surface area contributed by atoms with E-state index in [-0.39, 0.29) is 13.1 Å². The Balaban J connectivity index is 2.79. The number of hydrogen-bond donors (Lipinski definition) is 0. The molecule has 0 aliphatic rings. The molecule has 0 saturated heterocycles. The van der Waals surface area contributed by atoms with Gasteiger partial charge in [0.05, 0.1) is 14.2 Å². The number of nitrogens with zero attached hydrogens (tertiary/aromatic N) is 2. The van der Waals surface area contributed by atoms with E-state index in [4.69, 9.17) is 0 Å². The fourth-order valence-corrected chi connectivity index (χ4v) is 1.23. The normalized spacial score (nSPS) is 9.53. The van der Waals surface area contributed by atoms with Gasteiger partial charge in [0, 0.05) is 18.1 Å². The molecule has 0 radical (unpaired) electrons. The molecular weight excluding hydrogens is 224 g/mol. The van der Waals surface area contributed by atoms with E-state index in [1.54, 1.807) is 29.4 Å². The van der Waals surface area contributed by atoms with Crippen LogP contribution in [0.2, 0.25) is 0 Å². The predicted octanol–water partition coefficient (Wildman–Crippen LogP) is 0.234. The Morgan fingerprint density at radius 2 is 1.59 bits per heavy atom. The Labute approximate surface area is 99.2 Å². The summed E-state index contributed by atoms with van der Waals surface area (Å²) in [6, 6.07) is 3.40. The van der Waals surface area contributed by atoms with Crippen molar-refractivity contribution in [2.75, 3.05) is 32.2 Å². The molecule has 0 N–H and O–H groups in total. The number of pyridine rings is 1. The molecule has 1 rings (SSSR count). The third-order valence-corrected chi connectivity index (χ3v) is 2.12. The molecule has 1 heterocycles. The molecule has 0 aliphatic heterocycles. The Morgan fingerprint density at radius 3 is 2.00 bits per heavy atom. The molecule has 0 saturated carbocycles. The number of rotatable bonds is 5. The molecule has 0 fully saturated rings. The van der Waals surface area contributed by atoms with Gasteiger partial charge in [0.15, 0.2) is 0 Å². The van der Waals surface area contributed by atoms with Gasteiger partial charge < -0.3 is 14.4 Å². The van der Waals surface area contributed by atoms with Crippen molar-refractivity contribution in [3.05, 3.63) is 24.5 Å². The molecule has 1 aromatic rings. The van der Waals surface area contributed by atoms with Gasteiger partial charge in [-0.05, 0) is 12.1 Å². The zero-order valence-electron chi connectivity index (χ0n) is 9.75. The summed E-state index contributed by atoms with van der Waals surface area (Å²) < 4.78 is 9.14. The van der Waals surface area contributed by atoms with Crippen molar-refractivity contribution in [1.82, 2.24) is 4.98 Å². The van der Waals surface area contributed by atoms with Crippen molar-refractivity contribution >= 4 is 17.6 Å². The molecule has 0 amide bonds. The van der Waals surface area contributed by atoms with Crippen LogP contribution in [-0.4, -0.2) is 44.2 Å². The Hall–Kier alpha value is -2.11. The van der Waals surface area contributed by atoms with Gasteiger partial charge in [-0.1, -0.05) is 0 Å². The van der Waals surface area contributed by atoms with Crippen LogP contribution in [0.3, 0.4) is 0 Å². The van der Waals surface area contributed by atoms with Crippen LogP contribution < -0.4 is 4.90 Å². The van der Waals surface area contributed by atoms with E-state index in [2.05, 4.69) is 14.5 Å². The molecule has 0 unspecified atom stereocenters. The average Bonchev–Trinajstić information content (AvgIpc) is 2.38. The number of anilines is 1. The summed E-state index contributed by atoms with van der Waals surface area (Å²) in [5, 5.41) is 0. The smallest absolute Gasteiger partial charge is 0.325 e. The second-order valence-corrected chi connectivity index (χ2v) is 3.21. The van der Waals surface area contributed by atoms with E-state index >= 15 is 0 Å². The quantitative estimate of drug-likeness (QED) is 0.684. The molecule has 0 bridgehead atoms. The average molecular weight is 238 g/mol. The topological polar surface area (TPSA) is 68.7 Å². The van der Waals surface area contributed by atoms with Crippen molar-refractivity contribution in [2.45, 2.75) is 0 Å². The molecule has 0 aromatic carbocycles. The Kier molecular flexibility index (Phi) is 4.93. The number of hydrogen-bond acceptors (Lipinski definition) is 6. The highest BCUT2D eigenvalue weighted by Gasteiger charge is 2.15. The van der Waals surface area contributed by atoms with Crippen molar-refractivity contribution in [3.63, 3.8) is 0 Å². The fraction of sp³-hybridized carbons (Fsp3) is 0.364. The maximum absolute atomic E-state index is 11.2. The van der Waals surface area contributed by atoms with Crippen LogP contribution in [-0.2, 0) is 19.1 Å². The Morgan fingerprint density at radius 1 is 1.12 bits per heavy atom. The van der Waals surface area contributed by atoms with E-state index in [9.17, 15) is 9.59 Å². The minimum atomic E-state index is -0.425. The van der Waals surface area contributed by atoms with Gasteiger partial charge in [0.25, 0.3) is 0 Å². The van der Waals surface area contributed by atoms with Crippen LogP contribution in [0.25, 0.3) is 0 Å². The second-order valence-electron chi connectivity index (χ2n) is 3.21. The third-order valence-electron chi connectivity index (χ3n) is 2.12. The SMILES string of the molecule is COC(=O)CN(CC(=O)OC)c1ccncc1. The molecular formula is C11H14N2O4. The van der Waals surface area contributed by atoms with Gasteiger partial charge in [-0.2, -0.15) is 0 Å². The zero-order valence-corrected chi connectivity index (χ0v) is 9.75. The summed E-state index contributed by atoms with van der Waals surface area (Å²) in [5.41, 5.74) is 0.704. The molecule has 6 heteroatoms. The highest BCUT2D eigenvalue weighted by atomic mass is 16.5. The van der Waals surface area contributed by atoms with Crippen LogP contribution in [0.15, 0.2) is 24.5 Å². The molecule has 17 heavy (non-hydrogen) atoms. The first-order valence-corrected chi connectivity index (χ1v) is 4.96. The summed E-state index contributed by atoms with van der Waals surface area (Å²) in [7, 11) is 2.59. The van der Waals surface area contributed by atoms with Crippen LogP contribution >= 0.6 is 0 Å². The van der Waals surface area contributed by atoms with Gasteiger partial charge in [0.2, 0.25) is 0 Å². The minimum Gasteiger partial charge on any atom is -0.468 e. The fourth-order valence-electron chi connectivity index (χ4n) is 1.23. The first-order chi connectivity index (χ1) is 8.17. The molecule has 0 aliphatic carbocycles. The summed E-state index contributed by atoms with van der Waals surface area (Å²) in [6.07, 6.45) is 3.16. The maximum Gasteiger partial charge on any atom is 0.325 e. The summed E-state index contributed by atoms with van der Waals surface area (Å²) in [4.78, 5) is 27.9. The Bertz CT molecular complexity index is 362. The van der Waals surface area contributed by atoms with E-state index in [0.29, 0.717) is 5.69 Å². The zero-order chi connectivity index (χ0) is 12.7. The van der Waals surface area contributed by atoms with Crippen molar-refractivity contribution in [3.8, 4) is 0 Å².